The maximum absolute atomic E-state index is 13.6. The van der Waals surface area contributed by atoms with E-state index in [1.54, 1.807) is 23.5 Å². The van der Waals surface area contributed by atoms with Crippen LogP contribution >= 0.6 is 11.3 Å². The topological polar surface area (TPSA) is 24.9 Å². The summed E-state index contributed by atoms with van der Waals surface area (Å²) in [5.74, 6) is -0.230. The molecule has 0 aliphatic rings. The van der Waals surface area contributed by atoms with Crippen LogP contribution in [0.1, 0.15) is 18.9 Å². The molecule has 0 spiro atoms. The van der Waals surface area contributed by atoms with E-state index in [0.29, 0.717) is 11.3 Å². The van der Waals surface area contributed by atoms with Crippen molar-refractivity contribution in [2.24, 2.45) is 0 Å². The molecule has 0 fully saturated rings. The van der Waals surface area contributed by atoms with Gasteiger partial charge in [-0.1, -0.05) is 12.1 Å². The molecule has 0 atom stereocenters. The molecule has 1 aromatic heterocycles. The Hall–Kier alpha value is -1.26. The summed E-state index contributed by atoms with van der Waals surface area (Å²) in [7, 11) is 1.89. The minimum atomic E-state index is -0.230. The molecule has 0 amide bonds. The molecular weight excluding hydrogens is 235 g/mol. The minimum Gasteiger partial charge on any atom is -0.309 e. The first-order valence-electron chi connectivity index (χ1n) is 5.44. The quantitative estimate of drug-likeness (QED) is 0.903. The van der Waals surface area contributed by atoms with E-state index in [4.69, 9.17) is 0 Å². The predicted molar refractivity (Wildman–Crippen MR) is 69.6 cm³/mol. The van der Waals surface area contributed by atoms with E-state index in [1.807, 2.05) is 18.5 Å². The summed E-state index contributed by atoms with van der Waals surface area (Å²) in [5, 5.41) is 6.04. The molecule has 4 heteroatoms. The number of aromatic nitrogens is 1. The fourth-order valence-electron chi connectivity index (χ4n) is 1.46. The van der Waals surface area contributed by atoms with Crippen LogP contribution in [0.4, 0.5) is 4.39 Å². The van der Waals surface area contributed by atoms with Crippen molar-refractivity contribution >= 4 is 11.3 Å². The maximum atomic E-state index is 13.6. The second kappa shape index (κ2) is 4.55. The SMILES string of the molecule is CNC(C)(C)c1nc(-c2ccccc2F)cs1. The van der Waals surface area contributed by atoms with Crippen LogP contribution in [0.3, 0.4) is 0 Å². The molecule has 1 N–H and O–H groups in total. The smallest absolute Gasteiger partial charge is 0.132 e. The molecule has 17 heavy (non-hydrogen) atoms. The zero-order valence-electron chi connectivity index (χ0n) is 10.1. The lowest BCUT2D eigenvalue weighted by molar-refractivity contribution is 0.442. The molecule has 1 heterocycles. The fraction of sp³-hybridized carbons (Fsp3) is 0.308. The fourth-order valence-corrected chi connectivity index (χ4v) is 2.41. The third-order valence-electron chi connectivity index (χ3n) is 2.81. The highest BCUT2D eigenvalue weighted by atomic mass is 32.1. The van der Waals surface area contributed by atoms with E-state index in [1.165, 1.54) is 6.07 Å². The van der Waals surface area contributed by atoms with Crippen molar-refractivity contribution in [2.45, 2.75) is 19.4 Å². The molecule has 90 valence electrons. The first kappa shape index (κ1) is 12.2. The largest absolute Gasteiger partial charge is 0.309 e. The van der Waals surface area contributed by atoms with Gasteiger partial charge in [0.25, 0.3) is 0 Å². The Morgan fingerprint density at radius 3 is 2.65 bits per heavy atom. The second-order valence-electron chi connectivity index (χ2n) is 4.39. The van der Waals surface area contributed by atoms with Gasteiger partial charge in [-0.05, 0) is 33.0 Å². The van der Waals surface area contributed by atoms with Gasteiger partial charge in [0.05, 0.1) is 11.2 Å². The van der Waals surface area contributed by atoms with Crippen LogP contribution in [-0.2, 0) is 5.54 Å². The van der Waals surface area contributed by atoms with Crippen molar-refractivity contribution in [3.8, 4) is 11.3 Å². The molecule has 0 saturated heterocycles. The Balaban J connectivity index is 2.40. The highest BCUT2D eigenvalue weighted by molar-refractivity contribution is 7.10. The van der Waals surface area contributed by atoms with Crippen LogP contribution in [-0.4, -0.2) is 12.0 Å². The van der Waals surface area contributed by atoms with E-state index in [0.717, 1.165) is 5.01 Å². The van der Waals surface area contributed by atoms with Crippen LogP contribution in [0.5, 0.6) is 0 Å². The van der Waals surface area contributed by atoms with Gasteiger partial charge in [0.1, 0.15) is 10.8 Å². The van der Waals surface area contributed by atoms with Gasteiger partial charge in [0, 0.05) is 10.9 Å². The highest BCUT2D eigenvalue weighted by Crippen LogP contribution is 2.29. The van der Waals surface area contributed by atoms with Crippen LogP contribution < -0.4 is 5.32 Å². The third kappa shape index (κ3) is 2.37. The molecule has 0 radical (unpaired) electrons. The lowest BCUT2D eigenvalue weighted by atomic mass is 10.1. The summed E-state index contributed by atoms with van der Waals surface area (Å²) >= 11 is 1.54. The first-order valence-corrected chi connectivity index (χ1v) is 6.32. The lowest BCUT2D eigenvalue weighted by Crippen LogP contribution is -2.32. The molecule has 2 aromatic rings. The Kier molecular flexibility index (Phi) is 3.26. The number of hydrogen-bond acceptors (Lipinski definition) is 3. The summed E-state index contributed by atoms with van der Waals surface area (Å²) in [6, 6.07) is 6.71. The van der Waals surface area contributed by atoms with Crippen molar-refractivity contribution < 1.29 is 4.39 Å². The zero-order valence-corrected chi connectivity index (χ0v) is 10.9. The molecule has 1 aromatic carbocycles. The summed E-state index contributed by atoms with van der Waals surface area (Å²) in [6.45, 7) is 4.11. The monoisotopic (exact) mass is 250 g/mol. The van der Waals surface area contributed by atoms with E-state index in [-0.39, 0.29) is 11.4 Å². The van der Waals surface area contributed by atoms with Gasteiger partial charge in [-0.15, -0.1) is 11.3 Å². The summed E-state index contributed by atoms with van der Waals surface area (Å²) < 4.78 is 13.6. The van der Waals surface area contributed by atoms with Crippen molar-refractivity contribution in [3.63, 3.8) is 0 Å². The van der Waals surface area contributed by atoms with Crippen LogP contribution in [0.2, 0.25) is 0 Å². The molecule has 2 nitrogen and oxygen atoms in total. The summed E-state index contributed by atoms with van der Waals surface area (Å²) in [4.78, 5) is 4.50. The Morgan fingerprint density at radius 2 is 2.00 bits per heavy atom. The van der Waals surface area contributed by atoms with Gasteiger partial charge in [-0.2, -0.15) is 0 Å². The van der Waals surface area contributed by atoms with Crippen LogP contribution in [0, 0.1) is 5.82 Å². The van der Waals surface area contributed by atoms with Gasteiger partial charge >= 0.3 is 0 Å². The minimum absolute atomic E-state index is 0.186. The standard InChI is InChI=1S/C13H15FN2S/c1-13(2,15-3)12-16-11(8-17-12)9-6-4-5-7-10(9)14/h4-8,15H,1-3H3. The molecule has 0 aliphatic heterocycles. The second-order valence-corrected chi connectivity index (χ2v) is 5.25. The number of nitrogens with one attached hydrogen (secondary N) is 1. The van der Waals surface area contributed by atoms with Crippen LogP contribution in [0.15, 0.2) is 29.6 Å². The Bertz CT molecular complexity index is 520. The molecule has 0 bridgehead atoms. The van der Waals surface area contributed by atoms with Gasteiger partial charge < -0.3 is 5.32 Å². The number of benzene rings is 1. The van der Waals surface area contributed by atoms with Crippen molar-refractivity contribution in [1.82, 2.24) is 10.3 Å². The number of nitrogens with zero attached hydrogens (tertiary/aromatic N) is 1. The van der Waals surface area contributed by atoms with Gasteiger partial charge in [0.2, 0.25) is 0 Å². The number of halogens is 1. The van der Waals surface area contributed by atoms with E-state index < -0.39 is 0 Å². The third-order valence-corrected chi connectivity index (χ3v) is 3.98. The van der Waals surface area contributed by atoms with Crippen molar-refractivity contribution in [1.29, 1.82) is 0 Å². The number of rotatable bonds is 3. The number of hydrogen-bond donors (Lipinski definition) is 1. The van der Waals surface area contributed by atoms with E-state index in [9.17, 15) is 4.39 Å². The normalized spacial score (nSPS) is 11.8. The zero-order chi connectivity index (χ0) is 12.5. The molecule has 0 aliphatic carbocycles. The average Bonchev–Trinajstić information content (AvgIpc) is 2.79. The van der Waals surface area contributed by atoms with Gasteiger partial charge in [0.15, 0.2) is 0 Å². The van der Waals surface area contributed by atoms with E-state index in [2.05, 4.69) is 24.1 Å². The van der Waals surface area contributed by atoms with E-state index >= 15 is 0 Å². The molecular formula is C13H15FN2S. The van der Waals surface area contributed by atoms with Gasteiger partial charge in [-0.25, -0.2) is 9.37 Å². The lowest BCUT2D eigenvalue weighted by Gasteiger charge is -2.20. The Labute approximate surface area is 105 Å². The first-order chi connectivity index (χ1) is 8.04. The predicted octanol–water partition coefficient (Wildman–Crippen LogP) is 3.40. The summed E-state index contributed by atoms with van der Waals surface area (Å²) in [6.07, 6.45) is 0. The molecule has 0 unspecified atom stereocenters. The number of thiazole rings is 1. The van der Waals surface area contributed by atoms with Crippen molar-refractivity contribution in [2.75, 3.05) is 7.05 Å². The van der Waals surface area contributed by atoms with Crippen LogP contribution in [0.25, 0.3) is 11.3 Å². The summed E-state index contributed by atoms with van der Waals surface area (Å²) in [5.41, 5.74) is 1.07. The molecule has 2 rings (SSSR count). The average molecular weight is 250 g/mol. The van der Waals surface area contributed by atoms with Gasteiger partial charge in [-0.3, -0.25) is 0 Å². The maximum Gasteiger partial charge on any atom is 0.132 e. The Morgan fingerprint density at radius 1 is 1.29 bits per heavy atom. The highest BCUT2D eigenvalue weighted by Gasteiger charge is 2.22. The molecule has 0 saturated carbocycles. The van der Waals surface area contributed by atoms with Crippen molar-refractivity contribution in [3.05, 3.63) is 40.5 Å².